The van der Waals surface area contributed by atoms with Crippen LogP contribution in [0.2, 0.25) is 10.0 Å². The molecule has 8 heteroatoms. The van der Waals surface area contributed by atoms with Crippen LogP contribution in [-0.4, -0.2) is 17.0 Å². The van der Waals surface area contributed by atoms with Crippen molar-refractivity contribution >= 4 is 41.0 Å². The second kappa shape index (κ2) is 7.21. The molecular formula is C15H11Cl2N3O3. The van der Waals surface area contributed by atoms with E-state index in [0.29, 0.717) is 15.6 Å². The minimum Gasteiger partial charge on any atom is -0.267 e. The van der Waals surface area contributed by atoms with Gasteiger partial charge in [-0.05, 0) is 30.7 Å². The van der Waals surface area contributed by atoms with Gasteiger partial charge in [0.05, 0.1) is 26.7 Å². The van der Waals surface area contributed by atoms with Crippen molar-refractivity contribution in [3.63, 3.8) is 0 Å². The van der Waals surface area contributed by atoms with E-state index >= 15 is 0 Å². The molecule has 0 aromatic heterocycles. The predicted octanol–water partition coefficient (Wildman–Crippen LogP) is 3.97. The average molecular weight is 352 g/mol. The van der Waals surface area contributed by atoms with E-state index in [1.807, 2.05) is 0 Å². The van der Waals surface area contributed by atoms with Gasteiger partial charge in [-0.25, -0.2) is 5.43 Å². The Bertz CT molecular complexity index is 807. The lowest BCUT2D eigenvalue weighted by Crippen LogP contribution is -2.19. The highest BCUT2D eigenvalue weighted by Gasteiger charge is 2.17. The van der Waals surface area contributed by atoms with Crippen LogP contribution in [0, 0.1) is 17.0 Å². The first kappa shape index (κ1) is 16.9. The van der Waals surface area contributed by atoms with E-state index in [4.69, 9.17) is 23.2 Å². The van der Waals surface area contributed by atoms with E-state index in [9.17, 15) is 14.9 Å². The Morgan fingerprint density at radius 2 is 2.00 bits per heavy atom. The summed E-state index contributed by atoms with van der Waals surface area (Å²) in [5.74, 6) is -0.539. The van der Waals surface area contributed by atoms with Gasteiger partial charge in [-0.1, -0.05) is 35.3 Å². The number of nitro benzene ring substituents is 1. The topological polar surface area (TPSA) is 84.6 Å². The molecule has 0 saturated carbocycles. The van der Waals surface area contributed by atoms with Gasteiger partial charge in [0.25, 0.3) is 11.6 Å². The molecule has 0 atom stereocenters. The second-order valence-corrected chi connectivity index (χ2v) is 5.39. The Labute approximate surface area is 141 Å². The summed E-state index contributed by atoms with van der Waals surface area (Å²) in [6.07, 6.45) is 1.40. The Hall–Kier alpha value is -2.44. The van der Waals surface area contributed by atoms with Crippen LogP contribution in [0.1, 0.15) is 21.5 Å². The lowest BCUT2D eigenvalue weighted by atomic mass is 10.1. The van der Waals surface area contributed by atoms with Crippen LogP contribution >= 0.6 is 23.2 Å². The highest BCUT2D eigenvalue weighted by atomic mass is 35.5. The number of nitrogens with one attached hydrogen (secondary N) is 1. The number of hydrogen-bond acceptors (Lipinski definition) is 4. The number of hydrazone groups is 1. The average Bonchev–Trinajstić information content (AvgIpc) is 2.50. The van der Waals surface area contributed by atoms with Crippen molar-refractivity contribution in [2.75, 3.05) is 0 Å². The fourth-order valence-corrected chi connectivity index (χ4v) is 2.19. The smallest absolute Gasteiger partial charge is 0.267 e. The summed E-state index contributed by atoms with van der Waals surface area (Å²) in [7, 11) is 0. The summed E-state index contributed by atoms with van der Waals surface area (Å²) >= 11 is 11.7. The fourth-order valence-electron chi connectivity index (χ4n) is 1.89. The molecule has 0 heterocycles. The first-order valence-corrected chi connectivity index (χ1v) is 7.18. The highest BCUT2D eigenvalue weighted by molar-refractivity contribution is 6.42. The molecule has 0 spiro atoms. The van der Waals surface area contributed by atoms with E-state index in [1.165, 1.54) is 31.3 Å². The second-order valence-electron chi connectivity index (χ2n) is 4.58. The van der Waals surface area contributed by atoms with Crippen molar-refractivity contribution in [3.8, 4) is 0 Å². The number of carbonyl (C=O) groups is 1. The Kier molecular flexibility index (Phi) is 5.31. The normalized spacial score (nSPS) is 10.7. The molecule has 0 aliphatic heterocycles. The van der Waals surface area contributed by atoms with Crippen LogP contribution in [0.25, 0.3) is 0 Å². The van der Waals surface area contributed by atoms with Crippen molar-refractivity contribution in [1.29, 1.82) is 0 Å². The zero-order chi connectivity index (χ0) is 17.0. The molecule has 6 nitrogen and oxygen atoms in total. The molecule has 0 radical (unpaired) electrons. The highest BCUT2D eigenvalue weighted by Crippen LogP contribution is 2.22. The van der Waals surface area contributed by atoms with Gasteiger partial charge in [-0.3, -0.25) is 14.9 Å². The molecule has 118 valence electrons. The quantitative estimate of drug-likeness (QED) is 0.513. The molecule has 2 aromatic rings. The van der Waals surface area contributed by atoms with Gasteiger partial charge in [-0.15, -0.1) is 0 Å². The molecule has 2 rings (SSSR count). The van der Waals surface area contributed by atoms with Crippen LogP contribution < -0.4 is 5.43 Å². The number of carbonyl (C=O) groups excluding carboxylic acids is 1. The summed E-state index contributed by atoms with van der Waals surface area (Å²) < 4.78 is 0. The van der Waals surface area contributed by atoms with Gasteiger partial charge in [0.1, 0.15) is 0 Å². The molecular weight excluding hydrogens is 341 g/mol. The summed E-state index contributed by atoms with van der Waals surface area (Å²) in [5, 5.41) is 15.5. The molecule has 1 amide bonds. The van der Waals surface area contributed by atoms with Gasteiger partial charge < -0.3 is 0 Å². The summed E-state index contributed by atoms with van der Waals surface area (Å²) in [4.78, 5) is 22.4. The molecule has 0 saturated heterocycles. The van der Waals surface area contributed by atoms with Gasteiger partial charge in [0.15, 0.2) is 0 Å². The van der Waals surface area contributed by atoms with Crippen LogP contribution in [0.4, 0.5) is 5.69 Å². The molecule has 0 bridgehead atoms. The number of halogens is 2. The zero-order valence-electron chi connectivity index (χ0n) is 11.9. The Morgan fingerprint density at radius 3 is 2.65 bits per heavy atom. The first-order valence-electron chi connectivity index (χ1n) is 6.42. The van der Waals surface area contributed by atoms with E-state index in [0.717, 1.165) is 0 Å². The number of amides is 1. The number of rotatable bonds is 4. The summed E-state index contributed by atoms with van der Waals surface area (Å²) in [6, 6.07) is 9.17. The lowest BCUT2D eigenvalue weighted by Gasteiger charge is -2.04. The van der Waals surface area contributed by atoms with Crippen molar-refractivity contribution in [3.05, 3.63) is 73.2 Å². The molecule has 23 heavy (non-hydrogen) atoms. The zero-order valence-corrected chi connectivity index (χ0v) is 13.4. The van der Waals surface area contributed by atoms with E-state index < -0.39 is 10.8 Å². The van der Waals surface area contributed by atoms with E-state index in [-0.39, 0.29) is 16.8 Å². The Balaban J connectivity index is 2.13. The lowest BCUT2D eigenvalue weighted by molar-refractivity contribution is -0.385. The third kappa shape index (κ3) is 4.06. The van der Waals surface area contributed by atoms with Crippen molar-refractivity contribution in [2.45, 2.75) is 6.92 Å². The molecule has 2 aromatic carbocycles. The molecule has 1 N–H and O–H groups in total. The molecule has 0 unspecified atom stereocenters. The van der Waals surface area contributed by atoms with Crippen LogP contribution in [0.5, 0.6) is 0 Å². The maximum atomic E-state index is 12.1. The van der Waals surface area contributed by atoms with Crippen LogP contribution in [-0.2, 0) is 0 Å². The fraction of sp³-hybridized carbons (Fsp3) is 0.0667. The standard InChI is InChI=1S/C15H11Cl2N3O3/c1-9-11(3-2-4-14(9)20(22)23)15(21)19-18-8-10-5-6-12(16)13(17)7-10/h2-8H,1H3,(H,19,21)/b18-8-. The summed E-state index contributed by atoms with van der Waals surface area (Å²) in [6.45, 7) is 1.51. The van der Waals surface area contributed by atoms with Crippen molar-refractivity contribution in [2.24, 2.45) is 5.10 Å². The van der Waals surface area contributed by atoms with Gasteiger partial charge in [0.2, 0.25) is 0 Å². The minimum absolute atomic E-state index is 0.119. The summed E-state index contributed by atoms with van der Waals surface area (Å²) in [5.41, 5.74) is 3.31. The molecule has 0 aliphatic carbocycles. The SMILES string of the molecule is Cc1c(C(=O)N/N=C\c2ccc(Cl)c(Cl)c2)cccc1[N+](=O)[O-]. The maximum absolute atomic E-state index is 12.1. The van der Waals surface area contributed by atoms with Crippen LogP contribution in [0.3, 0.4) is 0 Å². The third-order valence-electron chi connectivity index (χ3n) is 3.07. The van der Waals surface area contributed by atoms with Gasteiger partial charge in [-0.2, -0.15) is 5.10 Å². The number of nitro groups is 1. The van der Waals surface area contributed by atoms with Gasteiger partial charge in [0, 0.05) is 11.6 Å². The number of benzene rings is 2. The van der Waals surface area contributed by atoms with E-state index in [1.54, 1.807) is 18.2 Å². The third-order valence-corrected chi connectivity index (χ3v) is 3.81. The molecule has 0 aliphatic rings. The number of hydrogen-bond donors (Lipinski definition) is 1. The van der Waals surface area contributed by atoms with Crippen molar-refractivity contribution < 1.29 is 9.72 Å². The van der Waals surface area contributed by atoms with Gasteiger partial charge >= 0.3 is 0 Å². The molecule has 0 fully saturated rings. The van der Waals surface area contributed by atoms with Crippen molar-refractivity contribution in [1.82, 2.24) is 5.43 Å². The number of nitrogens with zero attached hydrogens (tertiary/aromatic N) is 2. The van der Waals surface area contributed by atoms with Crippen LogP contribution in [0.15, 0.2) is 41.5 Å². The minimum atomic E-state index is -0.539. The maximum Gasteiger partial charge on any atom is 0.273 e. The predicted molar refractivity (Wildman–Crippen MR) is 89.4 cm³/mol. The first-order chi connectivity index (χ1) is 10.9. The Morgan fingerprint density at radius 1 is 1.26 bits per heavy atom. The monoisotopic (exact) mass is 351 g/mol. The largest absolute Gasteiger partial charge is 0.273 e. The van der Waals surface area contributed by atoms with E-state index in [2.05, 4.69) is 10.5 Å².